The highest BCUT2D eigenvalue weighted by atomic mass is 19.4. The second kappa shape index (κ2) is 4.59. The smallest absolute Gasteiger partial charge is 0.398 e. The minimum Gasteiger partial charge on any atom is -0.398 e. The first-order valence-electron chi connectivity index (χ1n) is 5.95. The van der Waals surface area contributed by atoms with E-state index in [-0.39, 0.29) is 11.6 Å². The minimum absolute atomic E-state index is 0.0263. The molecule has 1 aliphatic rings. The molecular weight excluding hydrogens is 227 g/mol. The maximum absolute atomic E-state index is 12.9. The van der Waals surface area contributed by atoms with Crippen molar-refractivity contribution in [1.29, 1.82) is 0 Å². The number of benzene rings is 1. The number of hydrogen-bond acceptors (Lipinski definition) is 1. The van der Waals surface area contributed by atoms with Crippen molar-refractivity contribution in [3.63, 3.8) is 0 Å². The molecule has 0 aliphatic heterocycles. The van der Waals surface area contributed by atoms with E-state index in [9.17, 15) is 13.2 Å². The molecule has 1 aliphatic carbocycles. The first-order valence-corrected chi connectivity index (χ1v) is 5.95. The van der Waals surface area contributed by atoms with Gasteiger partial charge in [-0.3, -0.25) is 0 Å². The van der Waals surface area contributed by atoms with E-state index in [1.165, 1.54) is 6.07 Å². The van der Waals surface area contributed by atoms with Crippen molar-refractivity contribution < 1.29 is 13.2 Å². The molecule has 2 rings (SSSR count). The van der Waals surface area contributed by atoms with Crippen LogP contribution >= 0.6 is 0 Å². The normalized spacial score (nSPS) is 18.3. The van der Waals surface area contributed by atoms with Gasteiger partial charge in [0.25, 0.3) is 0 Å². The van der Waals surface area contributed by atoms with Crippen molar-refractivity contribution in [3.8, 4) is 0 Å². The Morgan fingerprint density at radius 1 is 1.06 bits per heavy atom. The van der Waals surface area contributed by atoms with Crippen LogP contribution in [0, 0.1) is 0 Å². The summed E-state index contributed by atoms with van der Waals surface area (Å²) in [5.41, 5.74) is 5.80. The van der Waals surface area contributed by atoms with E-state index in [4.69, 9.17) is 5.73 Å². The van der Waals surface area contributed by atoms with Gasteiger partial charge in [-0.2, -0.15) is 13.2 Å². The molecule has 0 aromatic heterocycles. The Labute approximate surface area is 98.8 Å². The Morgan fingerprint density at radius 3 is 2.29 bits per heavy atom. The maximum atomic E-state index is 12.9. The topological polar surface area (TPSA) is 26.0 Å². The van der Waals surface area contributed by atoms with Crippen LogP contribution < -0.4 is 5.73 Å². The van der Waals surface area contributed by atoms with Crippen LogP contribution in [0.1, 0.15) is 49.1 Å². The number of alkyl halides is 3. The standard InChI is InChI=1S/C13H16F3N/c14-13(15,16)10-7-4-8-11(17)12(10)9-5-2-1-3-6-9/h4,7-9H,1-3,5-6,17H2. The highest BCUT2D eigenvalue weighted by Gasteiger charge is 2.36. The predicted octanol–water partition coefficient (Wildman–Crippen LogP) is 4.34. The Kier molecular flexibility index (Phi) is 3.31. The van der Waals surface area contributed by atoms with Gasteiger partial charge in [0.05, 0.1) is 5.56 Å². The van der Waals surface area contributed by atoms with Gasteiger partial charge in [0.15, 0.2) is 0 Å². The molecule has 0 saturated heterocycles. The van der Waals surface area contributed by atoms with Gasteiger partial charge in [-0.1, -0.05) is 25.3 Å². The molecule has 0 radical (unpaired) electrons. The fourth-order valence-corrected chi connectivity index (χ4v) is 2.68. The zero-order valence-electron chi connectivity index (χ0n) is 9.56. The van der Waals surface area contributed by atoms with E-state index >= 15 is 0 Å². The molecule has 0 atom stereocenters. The summed E-state index contributed by atoms with van der Waals surface area (Å²) in [5, 5.41) is 0. The lowest BCUT2D eigenvalue weighted by Crippen LogP contribution is -2.16. The van der Waals surface area contributed by atoms with Gasteiger partial charge in [-0.05, 0) is 36.5 Å². The van der Waals surface area contributed by atoms with Gasteiger partial charge in [0, 0.05) is 5.69 Å². The average Bonchev–Trinajstić information content (AvgIpc) is 2.28. The van der Waals surface area contributed by atoms with E-state index in [1.54, 1.807) is 6.07 Å². The van der Waals surface area contributed by atoms with Crippen LogP contribution in [-0.4, -0.2) is 0 Å². The monoisotopic (exact) mass is 243 g/mol. The highest BCUT2D eigenvalue weighted by Crippen LogP contribution is 2.42. The average molecular weight is 243 g/mol. The van der Waals surface area contributed by atoms with Crippen LogP contribution in [0.3, 0.4) is 0 Å². The summed E-state index contributed by atoms with van der Waals surface area (Å²) < 4.78 is 38.8. The van der Waals surface area contributed by atoms with Crippen LogP contribution in [0.2, 0.25) is 0 Å². The first-order chi connectivity index (χ1) is 8.00. The van der Waals surface area contributed by atoms with Crippen LogP contribution in [0.15, 0.2) is 18.2 Å². The molecule has 94 valence electrons. The summed E-state index contributed by atoms with van der Waals surface area (Å²) in [7, 11) is 0. The molecule has 1 aromatic carbocycles. The third kappa shape index (κ3) is 2.56. The zero-order valence-corrected chi connectivity index (χ0v) is 9.56. The number of halogens is 3. The number of hydrogen-bond donors (Lipinski definition) is 1. The molecule has 1 fully saturated rings. The summed E-state index contributed by atoms with van der Waals surface area (Å²) in [6, 6.07) is 4.09. The summed E-state index contributed by atoms with van der Waals surface area (Å²) in [6.07, 6.45) is 0.438. The Bertz CT molecular complexity index is 392. The van der Waals surface area contributed by atoms with E-state index in [0.717, 1.165) is 38.2 Å². The van der Waals surface area contributed by atoms with Crippen molar-refractivity contribution in [2.75, 3.05) is 5.73 Å². The molecule has 17 heavy (non-hydrogen) atoms. The molecule has 0 heterocycles. The van der Waals surface area contributed by atoms with Crippen molar-refractivity contribution in [3.05, 3.63) is 29.3 Å². The van der Waals surface area contributed by atoms with Crippen molar-refractivity contribution in [2.45, 2.75) is 44.2 Å². The van der Waals surface area contributed by atoms with Crippen LogP contribution in [0.4, 0.5) is 18.9 Å². The largest absolute Gasteiger partial charge is 0.416 e. The number of nitrogens with two attached hydrogens (primary N) is 1. The number of anilines is 1. The third-order valence-corrected chi connectivity index (χ3v) is 3.46. The molecule has 0 unspecified atom stereocenters. The van der Waals surface area contributed by atoms with Gasteiger partial charge in [-0.15, -0.1) is 0 Å². The third-order valence-electron chi connectivity index (χ3n) is 3.46. The highest BCUT2D eigenvalue weighted by molar-refractivity contribution is 5.54. The minimum atomic E-state index is -4.30. The Hall–Kier alpha value is -1.19. The molecule has 2 N–H and O–H groups in total. The van der Waals surface area contributed by atoms with Crippen molar-refractivity contribution in [2.24, 2.45) is 0 Å². The van der Waals surface area contributed by atoms with Crippen molar-refractivity contribution >= 4 is 5.69 Å². The van der Waals surface area contributed by atoms with Crippen LogP contribution in [0.25, 0.3) is 0 Å². The SMILES string of the molecule is Nc1cccc(C(F)(F)F)c1C1CCCCC1. The number of rotatable bonds is 1. The lowest BCUT2D eigenvalue weighted by Gasteiger charge is -2.26. The number of nitrogen functional groups attached to an aromatic ring is 1. The second-order valence-electron chi connectivity index (χ2n) is 4.64. The molecular formula is C13H16F3N. The van der Waals surface area contributed by atoms with Gasteiger partial charge < -0.3 is 5.73 Å². The second-order valence-corrected chi connectivity index (χ2v) is 4.64. The van der Waals surface area contributed by atoms with E-state index in [1.807, 2.05) is 0 Å². The molecule has 4 heteroatoms. The molecule has 1 nitrogen and oxygen atoms in total. The molecule has 0 bridgehead atoms. The molecule has 0 spiro atoms. The Morgan fingerprint density at radius 2 is 1.71 bits per heavy atom. The van der Waals surface area contributed by atoms with E-state index in [2.05, 4.69) is 0 Å². The van der Waals surface area contributed by atoms with Gasteiger partial charge in [-0.25, -0.2) is 0 Å². The predicted molar refractivity (Wildman–Crippen MR) is 61.7 cm³/mol. The van der Waals surface area contributed by atoms with E-state index in [0.29, 0.717) is 5.56 Å². The van der Waals surface area contributed by atoms with Crippen LogP contribution in [0.5, 0.6) is 0 Å². The fraction of sp³-hybridized carbons (Fsp3) is 0.538. The fourth-order valence-electron chi connectivity index (χ4n) is 2.68. The summed E-state index contributed by atoms with van der Waals surface area (Å²) in [6.45, 7) is 0. The lowest BCUT2D eigenvalue weighted by atomic mass is 9.81. The summed E-state index contributed by atoms with van der Waals surface area (Å²) >= 11 is 0. The van der Waals surface area contributed by atoms with Crippen LogP contribution in [-0.2, 0) is 6.18 Å². The quantitative estimate of drug-likeness (QED) is 0.730. The van der Waals surface area contributed by atoms with Gasteiger partial charge in [0.2, 0.25) is 0 Å². The van der Waals surface area contributed by atoms with Gasteiger partial charge >= 0.3 is 6.18 Å². The Balaban J connectivity index is 2.43. The van der Waals surface area contributed by atoms with E-state index < -0.39 is 11.7 Å². The van der Waals surface area contributed by atoms with Crippen molar-refractivity contribution in [1.82, 2.24) is 0 Å². The first kappa shape index (κ1) is 12.3. The maximum Gasteiger partial charge on any atom is 0.416 e. The zero-order chi connectivity index (χ0) is 12.5. The summed E-state index contributed by atoms with van der Waals surface area (Å²) in [5.74, 6) is -0.0263. The molecule has 1 aromatic rings. The molecule has 1 saturated carbocycles. The van der Waals surface area contributed by atoms with Gasteiger partial charge in [0.1, 0.15) is 0 Å². The summed E-state index contributed by atoms with van der Waals surface area (Å²) in [4.78, 5) is 0. The molecule has 0 amide bonds. The lowest BCUT2D eigenvalue weighted by molar-refractivity contribution is -0.138.